The molecular weight excluding hydrogens is 164 g/mol. The van der Waals surface area contributed by atoms with E-state index in [4.69, 9.17) is 0 Å². The van der Waals surface area contributed by atoms with E-state index in [1.807, 2.05) is 29.8 Å². The predicted octanol–water partition coefficient (Wildman–Crippen LogP) is 1.87. The first kappa shape index (κ1) is 7.98. The third kappa shape index (κ3) is 1.22. The summed E-state index contributed by atoms with van der Waals surface area (Å²) in [7, 11) is 0. The lowest BCUT2D eigenvalue weighted by molar-refractivity contribution is 0.112. The van der Waals surface area contributed by atoms with Crippen LogP contribution in [0.3, 0.4) is 0 Å². The molecule has 0 atom stereocenters. The Kier molecular flexibility index (Phi) is 1.85. The summed E-state index contributed by atoms with van der Waals surface area (Å²) < 4.78 is 1.91. The van der Waals surface area contributed by atoms with Crippen LogP contribution in [-0.4, -0.2) is 16.1 Å². The third-order valence-corrected chi connectivity index (χ3v) is 2.10. The second-order valence-electron chi connectivity index (χ2n) is 2.90. The van der Waals surface area contributed by atoms with Gasteiger partial charge in [-0.1, -0.05) is 0 Å². The van der Waals surface area contributed by atoms with Crippen LogP contribution >= 0.6 is 0 Å². The summed E-state index contributed by atoms with van der Waals surface area (Å²) in [5.41, 5.74) is 1.77. The Balaban J connectivity index is 2.67. The van der Waals surface area contributed by atoms with Crippen molar-refractivity contribution in [2.45, 2.75) is 13.5 Å². The van der Waals surface area contributed by atoms with Crippen LogP contribution in [0.15, 0.2) is 24.4 Å². The lowest BCUT2D eigenvalue weighted by atomic mass is 10.2. The van der Waals surface area contributed by atoms with Crippen LogP contribution in [0.2, 0.25) is 0 Å². The topological polar surface area (TPSA) is 34.9 Å². The van der Waals surface area contributed by atoms with Gasteiger partial charge in [-0.2, -0.15) is 5.10 Å². The summed E-state index contributed by atoms with van der Waals surface area (Å²) >= 11 is 0. The van der Waals surface area contributed by atoms with E-state index in [1.54, 1.807) is 6.20 Å². The molecule has 0 saturated carbocycles. The Bertz CT molecular complexity index is 445. The van der Waals surface area contributed by atoms with Crippen molar-refractivity contribution in [3.8, 4) is 0 Å². The molecule has 2 aromatic rings. The van der Waals surface area contributed by atoms with Gasteiger partial charge in [-0.3, -0.25) is 9.48 Å². The second kappa shape index (κ2) is 3.01. The van der Waals surface area contributed by atoms with Crippen LogP contribution in [0, 0.1) is 0 Å². The van der Waals surface area contributed by atoms with Gasteiger partial charge in [0.25, 0.3) is 0 Å². The number of aromatic nitrogens is 2. The lowest BCUT2D eigenvalue weighted by Crippen LogP contribution is -1.94. The molecule has 0 bridgehead atoms. The molecule has 0 saturated heterocycles. The number of hydrogen-bond acceptors (Lipinski definition) is 2. The van der Waals surface area contributed by atoms with E-state index < -0.39 is 0 Å². The quantitative estimate of drug-likeness (QED) is 0.651. The SMILES string of the molecule is CCn1ncc2cc(C=O)ccc21. The Morgan fingerprint density at radius 3 is 3.08 bits per heavy atom. The van der Waals surface area contributed by atoms with E-state index in [0.29, 0.717) is 5.56 Å². The van der Waals surface area contributed by atoms with E-state index >= 15 is 0 Å². The average molecular weight is 174 g/mol. The van der Waals surface area contributed by atoms with E-state index in [9.17, 15) is 4.79 Å². The molecule has 0 aliphatic rings. The van der Waals surface area contributed by atoms with Crippen molar-refractivity contribution < 1.29 is 4.79 Å². The molecule has 0 unspecified atom stereocenters. The van der Waals surface area contributed by atoms with Gasteiger partial charge in [-0.15, -0.1) is 0 Å². The minimum Gasteiger partial charge on any atom is -0.298 e. The fraction of sp³-hybridized carbons (Fsp3) is 0.200. The average Bonchev–Trinajstić information content (AvgIpc) is 2.59. The Labute approximate surface area is 76.0 Å². The summed E-state index contributed by atoms with van der Waals surface area (Å²) in [4.78, 5) is 10.5. The molecule has 3 nitrogen and oxygen atoms in total. The highest BCUT2D eigenvalue weighted by atomic mass is 16.1. The van der Waals surface area contributed by atoms with Gasteiger partial charge in [0.2, 0.25) is 0 Å². The summed E-state index contributed by atoms with van der Waals surface area (Å²) in [6, 6.07) is 5.58. The van der Waals surface area contributed by atoms with Gasteiger partial charge in [0, 0.05) is 17.5 Å². The van der Waals surface area contributed by atoms with Crippen LogP contribution in [-0.2, 0) is 6.54 Å². The first-order valence-electron chi connectivity index (χ1n) is 4.26. The molecule has 0 spiro atoms. The number of aldehydes is 1. The summed E-state index contributed by atoms with van der Waals surface area (Å²) in [5, 5.41) is 5.21. The summed E-state index contributed by atoms with van der Waals surface area (Å²) in [6.45, 7) is 2.89. The number of nitrogens with zero attached hydrogens (tertiary/aromatic N) is 2. The smallest absolute Gasteiger partial charge is 0.150 e. The maximum absolute atomic E-state index is 10.5. The number of carbonyl (C=O) groups is 1. The molecule has 0 radical (unpaired) electrons. The van der Waals surface area contributed by atoms with Crippen molar-refractivity contribution in [1.82, 2.24) is 9.78 Å². The fourth-order valence-electron chi connectivity index (χ4n) is 1.43. The van der Waals surface area contributed by atoms with E-state index in [0.717, 1.165) is 23.7 Å². The maximum Gasteiger partial charge on any atom is 0.150 e. The van der Waals surface area contributed by atoms with Gasteiger partial charge in [-0.05, 0) is 25.1 Å². The van der Waals surface area contributed by atoms with Crippen molar-refractivity contribution in [2.75, 3.05) is 0 Å². The van der Waals surface area contributed by atoms with Gasteiger partial charge >= 0.3 is 0 Å². The highest BCUT2D eigenvalue weighted by Crippen LogP contribution is 2.14. The van der Waals surface area contributed by atoms with Gasteiger partial charge in [-0.25, -0.2) is 0 Å². The Morgan fingerprint density at radius 1 is 1.54 bits per heavy atom. The normalized spacial score (nSPS) is 10.5. The number of rotatable bonds is 2. The molecule has 1 aromatic carbocycles. The minimum atomic E-state index is 0.697. The third-order valence-electron chi connectivity index (χ3n) is 2.10. The number of carbonyl (C=O) groups excluding carboxylic acids is 1. The highest BCUT2D eigenvalue weighted by molar-refractivity contribution is 5.86. The molecule has 3 heteroatoms. The molecule has 0 aliphatic carbocycles. The first-order chi connectivity index (χ1) is 6.35. The zero-order valence-corrected chi connectivity index (χ0v) is 7.40. The number of fused-ring (bicyclic) bond motifs is 1. The van der Waals surface area contributed by atoms with E-state index in [-0.39, 0.29) is 0 Å². The fourth-order valence-corrected chi connectivity index (χ4v) is 1.43. The molecule has 0 N–H and O–H groups in total. The molecule has 2 rings (SSSR count). The summed E-state index contributed by atoms with van der Waals surface area (Å²) in [5.74, 6) is 0. The monoisotopic (exact) mass is 174 g/mol. The van der Waals surface area contributed by atoms with E-state index in [1.165, 1.54) is 0 Å². The van der Waals surface area contributed by atoms with Crippen LogP contribution in [0.4, 0.5) is 0 Å². The predicted molar refractivity (Wildman–Crippen MR) is 50.8 cm³/mol. The van der Waals surface area contributed by atoms with Gasteiger partial charge in [0.05, 0.1) is 11.7 Å². The Hall–Kier alpha value is -1.64. The van der Waals surface area contributed by atoms with Crippen LogP contribution in [0.1, 0.15) is 17.3 Å². The molecule has 0 amide bonds. The van der Waals surface area contributed by atoms with Crippen molar-refractivity contribution in [1.29, 1.82) is 0 Å². The van der Waals surface area contributed by atoms with Crippen LogP contribution in [0.5, 0.6) is 0 Å². The van der Waals surface area contributed by atoms with Gasteiger partial charge in [0.1, 0.15) is 6.29 Å². The van der Waals surface area contributed by atoms with E-state index in [2.05, 4.69) is 5.10 Å². The zero-order chi connectivity index (χ0) is 9.26. The highest BCUT2D eigenvalue weighted by Gasteiger charge is 2.00. The number of aryl methyl sites for hydroxylation is 1. The van der Waals surface area contributed by atoms with Crippen molar-refractivity contribution >= 4 is 17.2 Å². The van der Waals surface area contributed by atoms with Crippen molar-refractivity contribution in [2.24, 2.45) is 0 Å². The number of hydrogen-bond donors (Lipinski definition) is 0. The molecular formula is C10H10N2O. The maximum atomic E-state index is 10.5. The van der Waals surface area contributed by atoms with Gasteiger partial charge < -0.3 is 0 Å². The molecule has 13 heavy (non-hydrogen) atoms. The number of benzene rings is 1. The second-order valence-corrected chi connectivity index (χ2v) is 2.90. The zero-order valence-electron chi connectivity index (χ0n) is 7.40. The molecule has 66 valence electrons. The van der Waals surface area contributed by atoms with Crippen molar-refractivity contribution in [3.05, 3.63) is 30.0 Å². The standard InChI is InChI=1S/C10H10N2O/c1-2-12-10-4-3-8(7-13)5-9(10)6-11-12/h3-7H,2H2,1H3. The first-order valence-corrected chi connectivity index (χ1v) is 4.26. The summed E-state index contributed by atoms with van der Waals surface area (Å²) in [6.07, 6.45) is 2.63. The molecule has 0 fully saturated rings. The molecule has 1 aromatic heterocycles. The lowest BCUT2D eigenvalue weighted by Gasteiger charge is -1.97. The van der Waals surface area contributed by atoms with Crippen LogP contribution < -0.4 is 0 Å². The van der Waals surface area contributed by atoms with Crippen LogP contribution in [0.25, 0.3) is 10.9 Å². The molecule has 1 heterocycles. The Morgan fingerprint density at radius 2 is 2.38 bits per heavy atom. The molecule has 0 aliphatic heterocycles. The minimum absolute atomic E-state index is 0.697. The largest absolute Gasteiger partial charge is 0.298 e. The van der Waals surface area contributed by atoms with Gasteiger partial charge in [0.15, 0.2) is 0 Å². The van der Waals surface area contributed by atoms with Crippen molar-refractivity contribution in [3.63, 3.8) is 0 Å².